The third kappa shape index (κ3) is 2.26. The van der Waals surface area contributed by atoms with E-state index < -0.39 is 45.5 Å². The first-order valence-electron chi connectivity index (χ1n) is 5.24. The monoisotopic (exact) mass is 328 g/mol. The molecule has 2 atom stereocenters. The maximum absolute atomic E-state index is 13.6. The van der Waals surface area contributed by atoms with Gasteiger partial charge in [-0.3, -0.25) is 0 Å². The molecule has 1 aromatic carbocycles. The van der Waals surface area contributed by atoms with Gasteiger partial charge in [0.15, 0.2) is 23.3 Å². The van der Waals surface area contributed by atoms with E-state index in [1.165, 1.54) is 0 Å². The zero-order valence-corrected chi connectivity index (χ0v) is 10.6. The lowest BCUT2D eigenvalue weighted by Gasteiger charge is -2.27. The van der Waals surface area contributed by atoms with Gasteiger partial charge in [0.1, 0.15) is 0 Å². The molecule has 0 bridgehead atoms. The van der Waals surface area contributed by atoms with E-state index in [9.17, 15) is 22.7 Å². The van der Waals surface area contributed by atoms with Gasteiger partial charge < -0.3 is 9.84 Å². The van der Waals surface area contributed by atoms with Crippen molar-refractivity contribution in [3.63, 3.8) is 0 Å². The molecule has 1 aromatic rings. The number of rotatable bonds is 1. The molecule has 2 nitrogen and oxygen atoms in total. The molecule has 7 heteroatoms. The SMILES string of the molecule is OC1CCOC(c2c(F)c(F)c(Br)c(F)c2F)C1. The Balaban J connectivity index is 2.50. The van der Waals surface area contributed by atoms with Crippen molar-refractivity contribution in [1.82, 2.24) is 0 Å². The molecule has 1 aliphatic heterocycles. The fraction of sp³-hybridized carbons (Fsp3) is 0.455. The van der Waals surface area contributed by atoms with Crippen LogP contribution in [0.15, 0.2) is 4.47 Å². The van der Waals surface area contributed by atoms with E-state index in [1.807, 2.05) is 0 Å². The van der Waals surface area contributed by atoms with Crippen molar-refractivity contribution in [3.8, 4) is 0 Å². The van der Waals surface area contributed by atoms with Crippen molar-refractivity contribution in [2.45, 2.75) is 25.0 Å². The Bertz CT molecular complexity index is 452. The molecule has 18 heavy (non-hydrogen) atoms. The second-order valence-corrected chi connectivity index (χ2v) is 4.81. The second kappa shape index (κ2) is 5.14. The summed E-state index contributed by atoms with van der Waals surface area (Å²) in [5.74, 6) is -6.01. The third-order valence-corrected chi connectivity index (χ3v) is 3.52. The van der Waals surface area contributed by atoms with Gasteiger partial charge in [-0.1, -0.05) is 0 Å². The fourth-order valence-electron chi connectivity index (χ4n) is 1.89. The molecule has 1 N–H and O–H groups in total. The van der Waals surface area contributed by atoms with Crippen molar-refractivity contribution in [1.29, 1.82) is 0 Å². The van der Waals surface area contributed by atoms with E-state index in [1.54, 1.807) is 0 Å². The van der Waals surface area contributed by atoms with Crippen molar-refractivity contribution >= 4 is 15.9 Å². The summed E-state index contributed by atoms with van der Waals surface area (Å²) in [6, 6.07) is 0. The first-order valence-corrected chi connectivity index (χ1v) is 6.03. The summed E-state index contributed by atoms with van der Waals surface area (Å²) in [4.78, 5) is 0. The van der Waals surface area contributed by atoms with Crippen molar-refractivity contribution in [3.05, 3.63) is 33.3 Å². The maximum Gasteiger partial charge on any atom is 0.176 e. The van der Waals surface area contributed by atoms with Crippen molar-refractivity contribution in [2.24, 2.45) is 0 Å². The highest BCUT2D eigenvalue weighted by Gasteiger charge is 2.32. The summed E-state index contributed by atoms with van der Waals surface area (Å²) < 4.78 is 58.1. The third-order valence-electron chi connectivity index (χ3n) is 2.82. The van der Waals surface area contributed by atoms with Crippen LogP contribution >= 0.6 is 15.9 Å². The van der Waals surface area contributed by atoms with Crippen LogP contribution < -0.4 is 0 Å². The van der Waals surface area contributed by atoms with E-state index in [-0.39, 0.29) is 13.0 Å². The molecule has 0 spiro atoms. The van der Waals surface area contributed by atoms with Crippen LogP contribution in [-0.2, 0) is 4.74 Å². The van der Waals surface area contributed by atoms with Gasteiger partial charge in [-0.05, 0) is 22.4 Å². The van der Waals surface area contributed by atoms with Gasteiger partial charge >= 0.3 is 0 Å². The second-order valence-electron chi connectivity index (χ2n) is 4.02. The molecule has 1 heterocycles. The predicted molar refractivity (Wildman–Crippen MR) is 57.9 cm³/mol. The van der Waals surface area contributed by atoms with Crippen LogP contribution in [0.3, 0.4) is 0 Å². The topological polar surface area (TPSA) is 29.5 Å². The molecular formula is C11H9BrF4O2. The van der Waals surface area contributed by atoms with Gasteiger partial charge in [0.25, 0.3) is 0 Å². The molecule has 2 rings (SSSR count). The van der Waals surface area contributed by atoms with E-state index in [2.05, 4.69) is 15.9 Å². The molecule has 1 saturated heterocycles. The van der Waals surface area contributed by atoms with E-state index in [0.717, 1.165) is 0 Å². The molecule has 0 amide bonds. The first kappa shape index (κ1) is 13.8. The Morgan fingerprint density at radius 3 is 2.11 bits per heavy atom. The van der Waals surface area contributed by atoms with Gasteiger partial charge in [0, 0.05) is 13.0 Å². The zero-order valence-electron chi connectivity index (χ0n) is 9.02. The highest BCUT2D eigenvalue weighted by atomic mass is 79.9. The summed E-state index contributed by atoms with van der Waals surface area (Å²) in [5.41, 5.74) is -0.813. The highest BCUT2D eigenvalue weighted by molar-refractivity contribution is 9.10. The van der Waals surface area contributed by atoms with Crippen LogP contribution in [0, 0.1) is 23.3 Å². The number of ether oxygens (including phenoxy) is 1. The zero-order chi connectivity index (χ0) is 13.4. The fourth-order valence-corrected chi connectivity index (χ4v) is 2.23. The van der Waals surface area contributed by atoms with Crippen LogP contribution in [-0.4, -0.2) is 17.8 Å². The molecular weight excluding hydrogens is 320 g/mol. The minimum absolute atomic E-state index is 0.0734. The summed E-state index contributed by atoms with van der Waals surface area (Å²) in [5, 5.41) is 9.39. The molecule has 0 radical (unpaired) electrons. The maximum atomic E-state index is 13.6. The molecule has 2 unspecified atom stereocenters. The Morgan fingerprint density at radius 1 is 1.06 bits per heavy atom. The van der Waals surface area contributed by atoms with Crippen molar-refractivity contribution in [2.75, 3.05) is 6.61 Å². The Morgan fingerprint density at radius 2 is 1.61 bits per heavy atom. The number of hydrogen-bond donors (Lipinski definition) is 1. The largest absolute Gasteiger partial charge is 0.393 e. The quantitative estimate of drug-likeness (QED) is 0.487. The summed E-state index contributed by atoms with van der Waals surface area (Å²) in [6.45, 7) is 0.0734. The standard InChI is InChI=1S/C11H9BrF4O2/c12-7-10(15)8(13)6(9(14)11(7)16)5-3-4(17)1-2-18-5/h4-5,17H,1-3H2. The average molecular weight is 329 g/mol. The predicted octanol–water partition coefficient (Wildman–Crippen LogP) is 3.22. The van der Waals surface area contributed by atoms with Crippen molar-refractivity contribution < 1.29 is 27.4 Å². The summed E-state index contributed by atoms with van der Waals surface area (Å²) in [7, 11) is 0. The number of benzene rings is 1. The van der Waals surface area contributed by atoms with Gasteiger partial charge in [-0.2, -0.15) is 0 Å². The molecule has 1 fully saturated rings. The van der Waals surface area contributed by atoms with Gasteiger partial charge in [-0.15, -0.1) is 0 Å². The number of aliphatic hydroxyl groups excluding tert-OH is 1. The molecule has 0 aliphatic carbocycles. The lowest BCUT2D eigenvalue weighted by molar-refractivity contribution is -0.0481. The molecule has 0 aromatic heterocycles. The lowest BCUT2D eigenvalue weighted by atomic mass is 9.98. The highest BCUT2D eigenvalue weighted by Crippen LogP contribution is 2.36. The van der Waals surface area contributed by atoms with Crippen LogP contribution in [0.5, 0.6) is 0 Å². The molecule has 100 valence electrons. The Kier molecular flexibility index (Phi) is 3.93. The number of aliphatic hydroxyl groups is 1. The van der Waals surface area contributed by atoms with E-state index >= 15 is 0 Å². The lowest BCUT2D eigenvalue weighted by Crippen LogP contribution is -2.25. The van der Waals surface area contributed by atoms with E-state index in [0.29, 0.717) is 6.42 Å². The Labute approximate surface area is 109 Å². The minimum atomic E-state index is -1.51. The Hall–Kier alpha value is -0.660. The number of hydrogen-bond acceptors (Lipinski definition) is 2. The van der Waals surface area contributed by atoms with Gasteiger partial charge in [0.05, 0.1) is 22.2 Å². The van der Waals surface area contributed by atoms with Crippen LogP contribution in [0.25, 0.3) is 0 Å². The normalized spacial score (nSPS) is 24.3. The van der Waals surface area contributed by atoms with E-state index in [4.69, 9.17) is 4.74 Å². The van der Waals surface area contributed by atoms with Crippen LogP contribution in [0.1, 0.15) is 24.5 Å². The molecule has 0 saturated carbocycles. The van der Waals surface area contributed by atoms with Gasteiger partial charge in [0.2, 0.25) is 0 Å². The minimum Gasteiger partial charge on any atom is -0.393 e. The first-order chi connectivity index (χ1) is 8.43. The number of halogens is 5. The summed E-state index contributed by atoms with van der Waals surface area (Å²) in [6.07, 6.45) is -1.78. The van der Waals surface area contributed by atoms with Crippen LogP contribution in [0.2, 0.25) is 0 Å². The smallest absolute Gasteiger partial charge is 0.176 e. The molecule has 1 aliphatic rings. The van der Waals surface area contributed by atoms with Crippen LogP contribution in [0.4, 0.5) is 17.6 Å². The average Bonchev–Trinajstić information content (AvgIpc) is 2.34. The summed E-state index contributed by atoms with van der Waals surface area (Å²) >= 11 is 2.43. The van der Waals surface area contributed by atoms with Gasteiger partial charge in [-0.25, -0.2) is 17.6 Å².